The van der Waals surface area contributed by atoms with E-state index in [0.29, 0.717) is 35.8 Å². The van der Waals surface area contributed by atoms with Gasteiger partial charge in [0.05, 0.1) is 10.6 Å². The highest BCUT2D eigenvalue weighted by Gasteiger charge is 2.36. The lowest BCUT2D eigenvalue weighted by atomic mass is 9.79. The molecule has 1 atom stereocenters. The van der Waals surface area contributed by atoms with E-state index >= 15 is 0 Å². The Bertz CT molecular complexity index is 699. The van der Waals surface area contributed by atoms with E-state index in [4.69, 9.17) is 17.3 Å². The lowest BCUT2D eigenvalue weighted by Crippen LogP contribution is -2.54. The molecule has 1 unspecified atom stereocenters. The second-order valence-electron chi connectivity index (χ2n) is 9.09. The van der Waals surface area contributed by atoms with Gasteiger partial charge in [0.1, 0.15) is 0 Å². The summed E-state index contributed by atoms with van der Waals surface area (Å²) in [7, 11) is 0. The molecule has 5 nitrogen and oxygen atoms in total. The van der Waals surface area contributed by atoms with Gasteiger partial charge in [0, 0.05) is 31.2 Å². The van der Waals surface area contributed by atoms with Crippen molar-refractivity contribution in [2.24, 2.45) is 16.6 Å². The molecule has 1 fully saturated rings. The largest absolute Gasteiger partial charge is 0.338 e. The van der Waals surface area contributed by atoms with Gasteiger partial charge in [-0.3, -0.25) is 9.59 Å². The normalized spacial score (nSPS) is 19.2. The van der Waals surface area contributed by atoms with Crippen LogP contribution in [0, 0.1) is 10.8 Å². The monoisotopic (exact) mass is 415 g/mol. The third-order valence-electron chi connectivity index (χ3n) is 4.77. The molecule has 0 bridgehead atoms. The van der Waals surface area contributed by atoms with Gasteiger partial charge in [0.15, 0.2) is 0 Å². The number of nitrogens with two attached hydrogens (primary N) is 1. The van der Waals surface area contributed by atoms with Gasteiger partial charge >= 0.3 is 0 Å². The van der Waals surface area contributed by atoms with Gasteiger partial charge in [-0.2, -0.15) is 0 Å². The number of likely N-dealkylation sites (tertiary alicyclic amines) is 1. The lowest BCUT2D eigenvalue weighted by molar-refractivity contribution is -0.117. The molecule has 7 heteroatoms. The van der Waals surface area contributed by atoms with Gasteiger partial charge in [-0.25, -0.2) is 0 Å². The summed E-state index contributed by atoms with van der Waals surface area (Å²) in [5.74, 6) is -0.204. The quantitative estimate of drug-likeness (QED) is 0.770. The molecule has 0 aliphatic carbocycles. The molecular formula is C20H31Cl2N3O2. The van der Waals surface area contributed by atoms with Gasteiger partial charge in [-0.15, -0.1) is 12.4 Å². The molecular weight excluding hydrogens is 385 g/mol. The van der Waals surface area contributed by atoms with Crippen LogP contribution in [0.3, 0.4) is 0 Å². The summed E-state index contributed by atoms with van der Waals surface area (Å²) in [6.45, 7) is 11.4. The summed E-state index contributed by atoms with van der Waals surface area (Å²) in [5.41, 5.74) is 6.91. The summed E-state index contributed by atoms with van der Waals surface area (Å²) in [5, 5.41) is 3.24. The van der Waals surface area contributed by atoms with Gasteiger partial charge in [-0.05, 0) is 35.4 Å². The van der Waals surface area contributed by atoms with E-state index in [-0.39, 0.29) is 41.1 Å². The minimum absolute atomic E-state index is 0. The summed E-state index contributed by atoms with van der Waals surface area (Å²) >= 11 is 6.27. The number of hydrogen-bond donors (Lipinski definition) is 2. The van der Waals surface area contributed by atoms with E-state index < -0.39 is 0 Å². The Kier molecular flexibility index (Phi) is 7.74. The molecule has 0 radical (unpaired) electrons. The van der Waals surface area contributed by atoms with Crippen LogP contribution in [-0.2, 0) is 4.79 Å². The minimum Gasteiger partial charge on any atom is -0.338 e. The number of rotatable bonds is 3. The Morgan fingerprint density at radius 3 is 2.52 bits per heavy atom. The molecule has 152 valence electrons. The summed E-state index contributed by atoms with van der Waals surface area (Å²) in [6.07, 6.45) is 1.16. The maximum absolute atomic E-state index is 13.0. The maximum atomic E-state index is 13.0. The van der Waals surface area contributed by atoms with Crippen molar-refractivity contribution in [3.63, 3.8) is 0 Å². The van der Waals surface area contributed by atoms with E-state index in [1.807, 2.05) is 20.8 Å². The highest BCUT2D eigenvalue weighted by atomic mass is 35.5. The standard InChI is InChI=1S/C20H30ClN3O2.ClH/c1-19(2,3)11-17(25)23-13-6-7-15(21)14(10-13)18(26)24-9-8-16(22)20(4,5)12-24;/h6-7,10,16H,8-9,11-12,22H2,1-5H3,(H,23,25);1H. The van der Waals surface area contributed by atoms with E-state index in [1.165, 1.54) is 0 Å². The van der Waals surface area contributed by atoms with Crippen molar-refractivity contribution in [1.82, 2.24) is 4.90 Å². The van der Waals surface area contributed by atoms with Crippen molar-refractivity contribution in [3.8, 4) is 0 Å². The summed E-state index contributed by atoms with van der Waals surface area (Å²) in [4.78, 5) is 26.9. The van der Waals surface area contributed by atoms with Gasteiger partial charge in [0.25, 0.3) is 5.91 Å². The average molecular weight is 416 g/mol. The fourth-order valence-corrected chi connectivity index (χ4v) is 3.37. The number of piperidine rings is 1. The van der Waals surface area contributed by atoms with Crippen molar-refractivity contribution in [2.75, 3.05) is 18.4 Å². The molecule has 0 saturated carbocycles. The van der Waals surface area contributed by atoms with E-state index in [1.54, 1.807) is 23.1 Å². The molecule has 27 heavy (non-hydrogen) atoms. The Morgan fingerprint density at radius 2 is 1.96 bits per heavy atom. The first kappa shape index (κ1) is 23.7. The Balaban J connectivity index is 0.00000364. The predicted molar refractivity (Wildman–Crippen MR) is 114 cm³/mol. The number of carbonyl (C=O) groups is 2. The molecule has 2 rings (SSSR count). The van der Waals surface area contributed by atoms with Crippen molar-refractivity contribution < 1.29 is 9.59 Å². The number of halogens is 2. The Labute approximate surface area is 173 Å². The number of anilines is 1. The first-order valence-electron chi connectivity index (χ1n) is 9.03. The number of hydrogen-bond acceptors (Lipinski definition) is 3. The highest BCUT2D eigenvalue weighted by Crippen LogP contribution is 2.30. The average Bonchev–Trinajstić information content (AvgIpc) is 2.49. The number of amides is 2. The van der Waals surface area contributed by atoms with Crippen LogP contribution in [0.2, 0.25) is 5.02 Å². The highest BCUT2D eigenvalue weighted by molar-refractivity contribution is 6.34. The van der Waals surface area contributed by atoms with Gasteiger partial charge < -0.3 is 16.0 Å². The van der Waals surface area contributed by atoms with E-state index in [0.717, 1.165) is 6.42 Å². The van der Waals surface area contributed by atoms with E-state index in [2.05, 4.69) is 19.2 Å². The minimum atomic E-state index is -0.140. The van der Waals surface area contributed by atoms with Crippen LogP contribution in [0.4, 0.5) is 5.69 Å². The fraction of sp³-hybridized carbons (Fsp3) is 0.600. The van der Waals surface area contributed by atoms with Crippen LogP contribution in [0.25, 0.3) is 0 Å². The zero-order chi connectivity index (χ0) is 19.7. The third kappa shape index (κ3) is 6.37. The van der Waals surface area contributed by atoms with Crippen molar-refractivity contribution in [1.29, 1.82) is 0 Å². The predicted octanol–water partition coefficient (Wildman–Crippen LogP) is 4.34. The zero-order valence-corrected chi connectivity index (χ0v) is 18.3. The van der Waals surface area contributed by atoms with Gasteiger partial charge in [0.2, 0.25) is 5.91 Å². The number of carbonyl (C=O) groups excluding carboxylic acids is 2. The first-order chi connectivity index (χ1) is 11.9. The topological polar surface area (TPSA) is 75.4 Å². The number of benzene rings is 1. The van der Waals surface area contributed by atoms with E-state index in [9.17, 15) is 9.59 Å². The number of nitrogens with one attached hydrogen (secondary N) is 1. The molecule has 1 aromatic carbocycles. The second-order valence-corrected chi connectivity index (χ2v) is 9.50. The molecule has 1 heterocycles. The summed E-state index contributed by atoms with van der Waals surface area (Å²) < 4.78 is 0. The molecule has 3 N–H and O–H groups in total. The zero-order valence-electron chi connectivity index (χ0n) is 16.8. The van der Waals surface area contributed by atoms with Crippen LogP contribution in [0.15, 0.2) is 18.2 Å². The molecule has 1 saturated heterocycles. The lowest BCUT2D eigenvalue weighted by Gasteiger charge is -2.42. The Morgan fingerprint density at radius 1 is 1.33 bits per heavy atom. The van der Waals surface area contributed by atoms with Crippen molar-refractivity contribution in [2.45, 2.75) is 53.5 Å². The summed E-state index contributed by atoms with van der Waals surface area (Å²) in [6, 6.07) is 5.11. The van der Waals surface area contributed by atoms with Crippen LogP contribution in [0.1, 0.15) is 57.8 Å². The molecule has 0 aromatic heterocycles. The molecule has 0 spiro atoms. The van der Waals surface area contributed by atoms with Crippen molar-refractivity contribution in [3.05, 3.63) is 28.8 Å². The molecule has 2 amide bonds. The SMILES string of the molecule is CC(C)(C)CC(=O)Nc1ccc(Cl)c(C(=O)N2CCC(N)C(C)(C)C2)c1.Cl. The second kappa shape index (κ2) is 8.80. The molecule has 1 aliphatic heterocycles. The van der Waals surface area contributed by atoms with Crippen molar-refractivity contribution >= 4 is 41.5 Å². The van der Waals surface area contributed by atoms with Crippen LogP contribution < -0.4 is 11.1 Å². The molecule has 1 aliphatic rings. The smallest absolute Gasteiger partial charge is 0.255 e. The Hall–Kier alpha value is -1.30. The van der Waals surface area contributed by atoms with Crippen LogP contribution in [-0.4, -0.2) is 35.8 Å². The van der Waals surface area contributed by atoms with Crippen LogP contribution >= 0.6 is 24.0 Å². The molecule has 1 aromatic rings. The first-order valence-corrected chi connectivity index (χ1v) is 9.41. The van der Waals surface area contributed by atoms with Gasteiger partial charge in [-0.1, -0.05) is 46.2 Å². The number of nitrogens with zero attached hydrogens (tertiary/aromatic N) is 1. The maximum Gasteiger partial charge on any atom is 0.255 e. The van der Waals surface area contributed by atoms with Crippen LogP contribution in [0.5, 0.6) is 0 Å². The third-order valence-corrected chi connectivity index (χ3v) is 5.10. The fourth-order valence-electron chi connectivity index (χ4n) is 3.17.